The minimum Gasteiger partial charge on any atom is -0.377 e. The van der Waals surface area contributed by atoms with Crippen LogP contribution in [0.1, 0.15) is 19.4 Å². The molecule has 1 N–H and O–H groups in total. The van der Waals surface area contributed by atoms with Gasteiger partial charge in [0, 0.05) is 25.8 Å². The second-order valence-corrected chi connectivity index (χ2v) is 4.50. The van der Waals surface area contributed by atoms with E-state index in [9.17, 15) is 0 Å². The summed E-state index contributed by atoms with van der Waals surface area (Å²) in [7, 11) is 4.08. The zero-order chi connectivity index (χ0) is 12.7. The Balaban J connectivity index is 2.58. The van der Waals surface area contributed by atoms with E-state index in [0.717, 1.165) is 19.7 Å². The van der Waals surface area contributed by atoms with Crippen LogP contribution < -0.4 is 10.2 Å². The highest BCUT2D eigenvalue weighted by Gasteiger charge is 2.06. The first-order chi connectivity index (χ1) is 8.15. The van der Waals surface area contributed by atoms with E-state index in [1.165, 1.54) is 11.3 Å². The number of benzene rings is 1. The molecular weight excluding hydrogens is 212 g/mol. The van der Waals surface area contributed by atoms with Gasteiger partial charge in [0.25, 0.3) is 0 Å². The summed E-state index contributed by atoms with van der Waals surface area (Å²) >= 11 is 0. The molecule has 0 amide bonds. The smallest absolute Gasteiger partial charge is 0.0644 e. The van der Waals surface area contributed by atoms with Crippen molar-refractivity contribution in [3.8, 4) is 0 Å². The van der Waals surface area contributed by atoms with E-state index in [2.05, 4.69) is 55.4 Å². The fourth-order valence-electron chi connectivity index (χ4n) is 1.77. The Labute approximate surface area is 105 Å². The van der Waals surface area contributed by atoms with Gasteiger partial charge in [-0.15, -0.1) is 0 Å². The average Bonchev–Trinajstić information content (AvgIpc) is 2.29. The van der Waals surface area contributed by atoms with Gasteiger partial charge >= 0.3 is 0 Å². The van der Waals surface area contributed by atoms with Crippen LogP contribution in [0.2, 0.25) is 0 Å². The number of rotatable bonds is 7. The summed E-state index contributed by atoms with van der Waals surface area (Å²) in [6.45, 7) is 6.70. The molecule has 0 spiro atoms. The third-order valence-corrected chi connectivity index (χ3v) is 2.65. The number of anilines is 1. The Morgan fingerprint density at radius 2 is 2.00 bits per heavy atom. The van der Waals surface area contributed by atoms with Crippen molar-refractivity contribution in [1.82, 2.24) is 5.32 Å². The second-order valence-electron chi connectivity index (χ2n) is 4.50. The molecule has 0 heterocycles. The van der Waals surface area contributed by atoms with E-state index in [-0.39, 0.29) is 0 Å². The largest absolute Gasteiger partial charge is 0.377 e. The van der Waals surface area contributed by atoms with Crippen LogP contribution in [0.4, 0.5) is 5.69 Å². The maximum Gasteiger partial charge on any atom is 0.0644 e. The fraction of sp³-hybridized carbons (Fsp3) is 0.571. The van der Waals surface area contributed by atoms with Crippen LogP contribution in [0, 0.1) is 0 Å². The van der Waals surface area contributed by atoms with Crippen molar-refractivity contribution < 1.29 is 4.74 Å². The van der Waals surface area contributed by atoms with Crippen molar-refractivity contribution in [1.29, 1.82) is 0 Å². The highest BCUT2D eigenvalue weighted by molar-refractivity contribution is 5.52. The molecule has 0 aromatic heterocycles. The number of likely N-dealkylation sites (N-methyl/N-ethyl adjacent to an activating group) is 1. The van der Waals surface area contributed by atoms with Crippen molar-refractivity contribution >= 4 is 5.69 Å². The highest BCUT2D eigenvalue weighted by atomic mass is 16.5. The summed E-state index contributed by atoms with van der Waals surface area (Å²) < 4.78 is 5.58. The van der Waals surface area contributed by atoms with E-state index < -0.39 is 0 Å². The molecule has 1 aromatic rings. The average molecular weight is 236 g/mol. The molecule has 0 radical (unpaired) electrons. The molecule has 0 fully saturated rings. The summed E-state index contributed by atoms with van der Waals surface area (Å²) in [6.07, 6.45) is 0.302. The van der Waals surface area contributed by atoms with Gasteiger partial charge in [-0.05, 0) is 32.5 Å². The third-order valence-electron chi connectivity index (χ3n) is 2.65. The number of ether oxygens (including phenoxy) is 1. The Bertz CT molecular complexity index is 326. The molecule has 96 valence electrons. The lowest BCUT2D eigenvalue weighted by Gasteiger charge is -2.23. The monoisotopic (exact) mass is 236 g/mol. The van der Waals surface area contributed by atoms with Gasteiger partial charge in [0.05, 0.1) is 12.7 Å². The minimum absolute atomic E-state index is 0.302. The summed E-state index contributed by atoms with van der Waals surface area (Å²) in [6, 6.07) is 8.47. The van der Waals surface area contributed by atoms with Crippen LogP contribution in [0.15, 0.2) is 24.3 Å². The zero-order valence-electron chi connectivity index (χ0n) is 11.4. The topological polar surface area (TPSA) is 24.5 Å². The summed E-state index contributed by atoms with van der Waals surface area (Å²) in [5.74, 6) is 0. The summed E-state index contributed by atoms with van der Waals surface area (Å²) in [4.78, 5) is 2.25. The number of para-hydroxylation sites is 1. The number of hydrogen-bond acceptors (Lipinski definition) is 3. The van der Waals surface area contributed by atoms with Crippen molar-refractivity contribution in [3.63, 3.8) is 0 Å². The van der Waals surface area contributed by atoms with Crippen molar-refractivity contribution in [3.05, 3.63) is 29.8 Å². The molecular formula is C14H24N2O. The Morgan fingerprint density at radius 1 is 1.29 bits per heavy atom. The Morgan fingerprint density at radius 3 is 2.65 bits per heavy atom. The predicted molar refractivity (Wildman–Crippen MR) is 73.6 cm³/mol. The van der Waals surface area contributed by atoms with E-state index in [0.29, 0.717) is 6.10 Å². The first-order valence-electron chi connectivity index (χ1n) is 6.20. The number of hydrogen-bond donors (Lipinski definition) is 1. The van der Waals surface area contributed by atoms with Crippen LogP contribution in [0.25, 0.3) is 0 Å². The normalized spacial score (nSPS) is 10.9. The maximum atomic E-state index is 5.58. The van der Waals surface area contributed by atoms with E-state index in [4.69, 9.17) is 4.74 Å². The highest BCUT2D eigenvalue weighted by Crippen LogP contribution is 2.18. The van der Waals surface area contributed by atoms with Gasteiger partial charge in [0.1, 0.15) is 0 Å². The summed E-state index contributed by atoms with van der Waals surface area (Å²) in [5, 5.41) is 3.20. The van der Waals surface area contributed by atoms with Gasteiger partial charge in [-0.1, -0.05) is 18.2 Å². The zero-order valence-corrected chi connectivity index (χ0v) is 11.4. The lowest BCUT2D eigenvalue weighted by molar-refractivity contribution is 0.0846. The predicted octanol–water partition coefficient (Wildman–Crippen LogP) is 2.27. The van der Waals surface area contributed by atoms with Gasteiger partial charge in [0.15, 0.2) is 0 Å². The van der Waals surface area contributed by atoms with Crippen molar-refractivity contribution in [2.24, 2.45) is 0 Å². The van der Waals surface area contributed by atoms with Crippen LogP contribution in [-0.2, 0) is 11.3 Å². The molecule has 0 atom stereocenters. The third kappa shape index (κ3) is 4.75. The van der Waals surface area contributed by atoms with Gasteiger partial charge in [-0.3, -0.25) is 0 Å². The Kier molecular flexibility index (Phi) is 6.01. The van der Waals surface area contributed by atoms with E-state index in [1.54, 1.807) is 0 Å². The molecule has 1 rings (SSSR count). The SMILES string of the molecule is CNCc1ccccc1N(C)CCOC(C)C. The lowest BCUT2D eigenvalue weighted by Crippen LogP contribution is -2.25. The first-order valence-corrected chi connectivity index (χ1v) is 6.20. The molecule has 3 nitrogen and oxygen atoms in total. The molecule has 3 heteroatoms. The van der Waals surface area contributed by atoms with Crippen LogP contribution in [0.3, 0.4) is 0 Å². The Hall–Kier alpha value is -1.06. The lowest BCUT2D eigenvalue weighted by atomic mass is 10.1. The molecule has 0 bridgehead atoms. The molecule has 0 aliphatic rings. The van der Waals surface area contributed by atoms with Crippen LogP contribution in [-0.4, -0.2) is 33.4 Å². The molecule has 1 aromatic carbocycles. The van der Waals surface area contributed by atoms with Gasteiger partial charge in [0.2, 0.25) is 0 Å². The van der Waals surface area contributed by atoms with E-state index in [1.807, 2.05) is 7.05 Å². The summed E-state index contributed by atoms with van der Waals surface area (Å²) in [5.41, 5.74) is 2.59. The minimum atomic E-state index is 0.302. The van der Waals surface area contributed by atoms with Crippen molar-refractivity contribution in [2.45, 2.75) is 26.5 Å². The number of nitrogens with zero attached hydrogens (tertiary/aromatic N) is 1. The fourth-order valence-corrected chi connectivity index (χ4v) is 1.77. The molecule has 0 unspecified atom stereocenters. The van der Waals surface area contributed by atoms with Crippen LogP contribution >= 0.6 is 0 Å². The van der Waals surface area contributed by atoms with Crippen LogP contribution in [0.5, 0.6) is 0 Å². The number of nitrogens with one attached hydrogen (secondary N) is 1. The molecule has 0 saturated heterocycles. The van der Waals surface area contributed by atoms with Gasteiger partial charge in [-0.25, -0.2) is 0 Å². The van der Waals surface area contributed by atoms with Gasteiger partial charge < -0.3 is 15.0 Å². The van der Waals surface area contributed by atoms with Crippen molar-refractivity contribution in [2.75, 3.05) is 32.1 Å². The molecule has 0 saturated carbocycles. The molecule has 17 heavy (non-hydrogen) atoms. The quantitative estimate of drug-likeness (QED) is 0.786. The molecule has 0 aliphatic carbocycles. The second kappa shape index (κ2) is 7.30. The standard InChI is InChI=1S/C14H24N2O/c1-12(2)17-10-9-16(4)14-8-6-5-7-13(14)11-15-3/h5-8,12,15H,9-11H2,1-4H3. The van der Waals surface area contributed by atoms with E-state index >= 15 is 0 Å². The van der Waals surface area contributed by atoms with Gasteiger partial charge in [-0.2, -0.15) is 0 Å². The maximum absolute atomic E-state index is 5.58. The first kappa shape index (κ1) is 14.0. The molecule has 0 aliphatic heterocycles.